The minimum atomic E-state index is -1.37. The lowest BCUT2D eigenvalue weighted by Crippen LogP contribution is -2.10. The van der Waals surface area contributed by atoms with Crippen molar-refractivity contribution in [2.45, 2.75) is 19.6 Å². The van der Waals surface area contributed by atoms with Gasteiger partial charge < -0.3 is 14.6 Å². The summed E-state index contributed by atoms with van der Waals surface area (Å²) < 4.78 is 10.7. The van der Waals surface area contributed by atoms with Gasteiger partial charge in [-0.15, -0.1) is 0 Å². The largest absolute Gasteiger partial charge is 0.511 e. The van der Waals surface area contributed by atoms with Crippen molar-refractivity contribution in [2.24, 2.45) is 0 Å². The SMILES string of the molecule is Cc1ncc2c(c1OC(=O)O)C(c1ccc(Cl)cc1)OC2. The molecule has 2 aromatic rings. The zero-order chi connectivity index (χ0) is 15.0. The molecular weight excluding hydrogens is 294 g/mol. The van der Waals surface area contributed by atoms with E-state index in [1.807, 2.05) is 12.1 Å². The Morgan fingerprint density at radius 3 is 2.81 bits per heavy atom. The van der Waals surface area contributed by atoms with E-state index in [1.54, 1.807) is 25.3 Å². The summed E-state index contributed by atoms with van der Waals surface area (Å²) >= 11 is 5.89. The van der Waals surface area contributed by atoms with E-state index in [-0.39, 0.29) is 11.9 Å². The van der Waals surface area contributed by atoms with E-state index in [9.17, 15) is 4.79 Å². The molecule has 0 saturated carbocycles. The fraction of sp³-hybridized carbons (Fsp3) is 0.200. The van der Waals surface area contributed by atoms with Gasteiger partial charge in [0.25, 0.3) is 0 Å². The van der Waals surface area contributed by atoms with Crippen LogP contribution in [0.15, 0.2) is 30.5 Å². The normalized spacial score (nSPS) is 16.6. The van der Waals surface area contributed by atoms with Crippen LogP contribution in [0.1, 0.15) is 28.5 Å². The Bertz CT molecular complexity index is 700. The first-order valence-electron chi connectivity index (χ1n) is 6.32. The Labute approximate surface area is 126 Å². The summed E-state index contributed by atoms with van der Waals surface area (Å²) in [6, 6.07) is 7.23. The van der Waals surface area contributed by atoms with Gasteiger partial charge in [-0.1, -0.05) is 23.7 Å². The van der Waals surface area contributed by atoms with E-state index < -0.39 is 6.16 Å². The molecule has 108 valence electrons. The monoisotopic (exact) mass is 305 g/mol. The summed E-state index contributed by atoms with van der Waals surface area (Å²) in [5.41, 5.74) is 2.95. The minimum absolute atomic E-state index is 0.248. The minimum Gasteiger partial charge on any atom is -0.449 e. The highest BCUT2D eigenvalue weighted by Gasteiger charge is 2.31. The molecule has 0 spiro atoms. The Morgan fingerprint density at radius 1 is 1.43 bits per heavy atom. The fourth-order valence-corrected chi connectivity index (χ4v) is 2.55. The third-order valence-corrected chi connectivity index (χ3v) is 3.62. The van der Waals surface area contributed by atoms with Crippen LogP contribution in [-0.4, -0.2) is 16.2 Å². The number of fused-ring (bicyclic) bond motifs is 1. The van der Waals surface area contributed by atoms with Crippen molar-refractivity contribution in [3.05, 3.63) is 57.9 Å². The lowest BCUT2D eigenvalue weighted by Gasteiger charge is -2.15. The topological polar surface area (TPSA) is 68.7 Å². The Morgan fingerprint density at radius 2 is 2.14 bits per heavy atom. The molecule has 6 heteroatoms. The molecule has 0 bridgehead atoms. The van der Waals surface area contributed by atoms with Crippen LogP contribution in [0, 0.1) is 6.92 Å². The van der Waals surface area contributed by atoms with Gasteiger partial charge in [-0.2, -0.15) is 0 Å². The quantitative estimate of drug-likeness (QED) is 0.856. The van der Waals surface area contributed by atoms with Crippen molar-refractivity contribution >= 4 is 17.8 Å². The number of aromatic nitrogens is 1. The maximum atomic E-state index is 10.9. The third kappa shape index (κ3) is 2.57. The van der Waals surface area contributed by atoms with E-state index in [1.165, 1.54) is 0 Å². The number of aryl methyl sites for hydroxylation is 1. The van der Waals surface area contributed by atoms with Crippen molar-refractivity contribution in [3.63, 3.8) is 0 Å². The molecule has 1 unspecified atom stereocenters. The number of ether oxygens (including phenoxy) is 2. The predicted molar refractivity (Wildman–Crippen MR) is 75.7 cm³/mol. The first-order valence-corrected chi connectivity index (χ1v) is 6.70. The number of carboxylic acid groups (broad SMARTS) is 1. The zero-order valence-electron chi connectivity index (χ0n) is 11.2. The van der Waals surface area contributed by atoms with Gasteiger partial charge in [0.05, 0.1) is 12.3 Å². The molecule has 1 aromatic heterocycles. The first-order chi connectivity index (χ1) is 10.1. The highest BCUT2D eigenvalue weighted by atomic mass is 35.5. The number of nitrogens with zero attached hydrogens (tertiary/aromatic N) is 1. The van der Waals surface area contributed by atoms with Gasteiger partial charge >= 0.3 is 6.16 Å². The maximum Gasteiger partial charge on any atom is 0.511 e. The van der Waals surface area contributed by atoms with E-state index in [2.05, 4.69) is 4.98 Å². The van der Waals surface area contributed by atoms with E-state index in [4.69, 9.17) is 26.2 Å². The standard InChI is InChI=1S/C15H12ClNO4/c1-8-13(21-15(18)19)12-10(6-17-8)7-20-14(12)9-2-4-11(16)5-3-9/h2-6,14H,7H2,1H3,(H,18,19). The number of halogens is 1. The first kappa shape index (κ1) is 13.9. The molecule has 0 amide bonds. The number of carbonyl (C=O) groups is 1. The van der Waals surface area contributed by atoms with Crippen molar-refractivity contribution in [1.82, 2.24) is 4.98 Å². The van der Waals surface area contributed by atoms with Crippen molar-refractivity contribution in [1.29, 1.82) is 0 Å². The van der Waals surface area contributed by atoms with Crippen LogP contribution >= 0.6 is 11.6 Å². The van der Waals surface area contributed by atoms with Gasteiger partial charge in [-0.3, -0.25) is 4.98 Å². The summed E-state index contributed by atoms with van der Waals surface area (Å²) in [5.74, 6) is 0.248. The molecule has 0 fully saturated rings. The van der Waals surface area contributed by atoms with Gasteiger partial charge in [-0.05, 0) is 24.6 Å². The summed E-state index contributed by atoms with van der Waals surface area (Å²) in [5, 5.41) is 9.54. The second-order valence-corrected chi connectivity index (χ2v) is 5.16. The molecule has 1 aromatic carbocycles. The second-order valence-electron chi connectivity index (χ2n) is 4.72. The van der Waals surface area contributed by atoms with Crippen LogP contribution in [-0.2, 0) is 11.3 Å². The van der Waals surface area contributed by atoms with Gasteiger partial charge in [0.2, 0.25) is 0 Å². The van der Waals surface area contributed by atoms with Crippen molar-refractivity contribution in [3.8, 4) is 5.75 Å². The van der Waals surface area contributed by atoms with Crippen LogP contribution in [0.5, 0.6) is 5.75 Å². The maximum absolute atomic E-state index is 10.9. The molecule has 0 saturated heterocycles. The Kier molecular flexibility index (Phi) is 3.53. The summed E-state index contributed by atoms with van der Waals surface area (Å²) in [7, 11) is 0. The number of hydrogen-bond donors (Lipinski definition) is 1. The van der Waals surface area contributed by atoms with Crippen LogP contribution in [0.4, 0.5) is 4.79 Å². The van der Waals surface area contributed by atoms with Crippen LogP contribution in [0.25, 0.3) is 0 Å². The summed E-state index contributed by atoms with van der Waals surface area (Å²) in [6.45, 7) is 2.07. The van der Waals surface area contributed by atoms with Gasteiger partial charge in [0.1, 0.15) is 6.10 Å². The van der Waals surface area contributed by atoms with E-state index >= 15 is 0 Å². The molecule has 1 N–H and O–H groups in total. The zero-order valence-corrected chi connectivity index (χ0v) is 11.9. The van der Waals surface area contributed by atoms with Crippen molar-refractivity contribution < 1.29 is 19.4 Å². The van der Waals surface area contributed by atoms with Crippen LogP contribution < -0.4 is 4.74 Å². The lowest BCUT2D eigenvalue weighted by molar-refractivity contribution is 0.0920. The Hall–Kier alpha value is -2.11. The molecule has 0 radical (unpaired) electrons. The van der Waals surface area contributed by atoms with Crippen LogP contribution in [0.3, 0.4) is 0 Å². The number of rotatable bonds is 2. The smallest absolute Gasteiger partial charge is 0.449 e. The van der Waals surface area contributed by atoms with Crippen LogP contribution in [0.2, 0.25) is 5.02 Å². The van der Waals surface area contributed by atoms with Gasteiger partial charge in [-0.25, -0.2) is 4.79 Å². The Balaban J connectivity index is 2.09. The average molecular weight is 306 g/mol. The third-order valence-electron chi connectivity index (χ3n) is 3.36. The molecule has 2 heterocycles. The number of benzene rings is 1. The molecule has 3 rings (SSSR count). The number of pyridine rings is 1. The highest BCUT2D eigenvalue weighted by molar-refractivity contribution is 6.30. The fourth-order valence-electron chi connectivity index (χ4n) is 2.42. The molecular formula is C15H12ClNO4. The van der Waals surface area contributed by atoms with Gasteiger partial charge in [0.15, 0.2) is 5.75 Å². The van der Waals surface area contributed by atoms with E-state index in [0.29, 0.717) is 22.9 Å². The number of hydrogen-bond acceptors (Lipinski definition) is 4. The van der Waals surface area contributed by atoms with E-state index in [0.717, 1.165) is 11.1 Å². The second kappa shape index (κ2) is 5.35. The summed E-state index contributed by atoms with van der Waals surface area (Å²) in [4.78, 5) is 15.1. The lowest BCUT2D eigenvalue weighted by atomic mass is 9.99. The van der Waals surface area contributed by atoms with Crippen molar-refractivity contribution in [2.75, 3.05) is 0 Å². The average Bonchev–Trinajstić information content (AvgIpc) is 2.87. The predicted octanol–water partition coefficient (Wildman–Crippen LogP) is 3.72. The molecule has 1 atom stereocenters. The van der Waals surface area contributed by atoms with Gasteiger partial charge in [0, 0.05) is 22.3 Å². The summed E-state index contributed by atoms with van der Waals surface area (Å²) in [6.07, 6.45) is -0.0571. The molecule has 1 aliphatic rings. The molecule has 1 aliphatic heterocycles. The highest BCUT2D eigenvalue weighted by Crippen LogP contribution is 2.42. The molecule has 5 nitrogen and oxygen atoms in total. The molecule has 21 heavy (non-hydrogen) atoms. The molecule has 0 aliphatic carbocycles.